The van der Waals surface area contributed by atoms with Gasteiger partial charge in [0.15, 0.2) is 0 Å². The van der Waals surface area contributed by atoms with Gasteiger partial charge >= 0.3 is 0 Å². The number of hydrogen-bond acceptors (Lipinski definition) is 2. The van der Waals surface area contributed by atoms with Gasteiger partial charge in [-0.3, -0.25) is 4.90 Å². The van der Waals surface area contributed by atoms with Gasteiger partial charge in [-0.1, -0.05) is 11.6 Å². The average molecular weight is 271 g/mol. The lowest BCUT2D eigenvalue weighted by Gasteiger charge is -2.32. The SMILES string of the molecule is CNCC1CCN(Cc2cc(Cl)ccc2F)CC1. The molecule has 0 atom stereocenters. The van der Waals surface area contributed by atoms with Gasteiger partial charge < -0.3 is 5.32 Å². The summed E-state index contributed by atoms with van der Waals surface area (Å²) in [6, 6.07) is 4.78. The van der Waals surface area contributed by atoms with E-state index >= 15 is 0 Å². The summed E-state index contributed by atoms with van der Waals surface area (Å²) in [6.07, 6.45) is 2.37. The van der Waals surface area contributed by atoms with E-state index in [4.69, 9.17) is 11.6 Å². The van der Waals surface area contributed by atoms with Gasteiger partial charge in [-0.25, -0.2) is 4.39 Å². The maximum atomic E-state index is 13.6. The molecule has 1 aromatic rings. The molecule has 0 aliphatic carbocycles. The predicted octanol–water partition coefficient (Wildman–Crippen LogP) is 2.91. The Labute approximate surface area is 113 Å². The van der Waals surface area contributed by atoms with Gasteiger partial charge in [0.2, 0.25) is 0 Å². The Balaban J connectivity index is 1.89. The molecule has 0 spiro atoms. The zero-order chi connectivity index (χ0) is 13.0. The average Bonchev–Trinajstić information content (AvgIpc) is 2.37. The summed E-state index contributed by atoms with van der Waals surface area (Å²) in [5.41, 5.74) is 0.703. The quantitative estimate of drug-likeness (QED) is 0.905. The summed E-state index contributed by atoms with van der Waals surface area (Å²) in [4.78, 5) is 2.31. The third kappa shape index (κ3) is 3.67. The summed E-state index contributed by atoms with van der Waals surface area (Å²) in [5, 5.41) is 3.83. The van der Waals surface area contributed by atoms with E-state index in [1.807, 2.05) is 7.05 Å². The fourth-order valence-electron chi connectivity index (χ4n) is 2.54. The molecule has 0 saturated carbocycles. The highest BCUT2D eigenvalue weighted by molar-refractivity contribution is 6.30. The smallest absolute Gasteiger partial charge is 0.127 e. The molecule has 0 unspecified atom stereocenters. The molecule has 1 N–H and O–H groups in total. The first-order chi connectivity index (χ1) is 8.69. The molecule has 0 bridgehead atoms. The monoisotopic (exact) mass is 270 g/mol. The summed E-state index contributed by atoms with van der Waals surface area (Å²) in [7, 11) is 1.99. The summed E-state index contributed by atoms with van der Waals surface area (Å²) < 4.78 is 13.6. The Kier molecular flexibility index (Phi) is 4.98. The van der Waals surface area contributed by atoms with Crippen molar-refractivity contribution in [2.75, 3.05) is 26.7 Å². The minimum absolute atomic E-state index is 0.156. The first-order valence-corrected chi connectivity index (χ1v) is 6.87. The van der Waals surface area contributed by atoms with Crippen molar-refractivity contribution >= 4 is 11.6 Å². The van der Waals surface area contributed by atoms with Crippen LogP contribution in [0.3, 0.4) is 0 Å². The van der Waals surface area contributed by atoms with Crippen molar-refractivity contribution in [3.8, 4) is 0 Å². The van der Waals surface area contributed by atoms with E-state index in [0.29, 0.717) is 17.1 Å². The van der Waals surface area contributed by atoms with Gasteiger partial charge in [-0.05, 0) is 63.6 Å². The molecule has 2 nitrogen and oxygen atoms in total. The van der Waals surface area contributed by atoms with E-state index in [2.05, 4.69) is 10.2 Å². The molecule has 2 rings (SSSR count). The van der Waals surface area contributed by atoms with Crippen LogP contribution >= 0.6 is 11.6 Å². The largest absolute Gasteiger partial charge is 0.319 e. The lowest BCUT2D eigenvalue weighted by atomic mass is 9.96. The maximum absolute atomic E-state index is 13.6. The molecule has 1 aliphatic heterocycles. The lowest BCUT2D eigenvalue weighted by Crippen LogP contribution is -2.36. The third-order valence-corrected chi connectivity index (χ3v) is 3.84. The normalized spacial score (nSPS) is 18.2. The van der Waals surface area contributed by atoms with Crippen LogP contribution in [-0.4, -0.2) is 31.6 Å². The second-order valence-corrected chi connectivity index (χ2v) is 5.45. The lowest BCUT2D eigenvalue weighted by molar-refractivity contribution is 0.175. The summed E-state index contributed by atoms with van der Waals surface area (Å²) in [6.45, 7) is 3.83. The highest BCUT2D eigenvalue weighted by Crippen LogP contribution is 2.21. The van der Waals surface area contributed by atoms with Crippen LogP contribution in [0.4, 0.5) is 4.39 Å². The van der Waals surface area contributed by atoms with Crippen LogP contribution in [0.5, 0.6) is 0 Å². The molecule has 4 heteroatoms. The first-order valence-electron chi connectivity index (χ1n) is 6.50. The molecule has 1 aromatic carbocycles. The molecule has 1 aliphatic rings. The molecule has 1 heterocycles. The van der Waals surface area contributed by atoms with Gasteiger partial charge in [0.25, 0.3) is 0 Å². The van der Waals surface area contributed by atoms with Crippen molar-refractivity contribution in [1.29, 1.82) is 0 Å². The molecule has 0 aromatic heterocycles. The van der Waals surface area contributed by atoms with Crippen molar-refractivity contribution in [2.24, 2.45) is 5.92 Å². The molecule has 1 saturated heterocycles. The molecular weight excluding hydrogens is 251 g/mol. The van der Waals surface area contributed by atoms with E-state index in [1.165, 1.54) is 18.9 Å². The molecule has 1 fully saturated rings. The van der Waals surface area contributed by atoms with Crippen molar-refractivity contribution in [2.45, 2.75) is 19.4 Å². The standard InChI is InChI=1S/C14H20ClFN2/c1-17-9-11-4-6-18(7-5-11)10-12-8-13(15)2-3-14(12)16/h2-3,8,11,17H,4-7,9-10H2,1H3. The fourth-order valence-corrected chi connectivity index (χ4v) is 2.74. The minimum Gasteiger partial charge on any atom is -0.319 e. The Hall–Kier alpha value is -0.640. The van der Waals surface area contributed by atoms with Gasteiger partial charge in [0.05, 0.1) is 0 Å². The Bertz CT molecular complexity index is 389. The molecule has 0 radical (unpaired) electrons. The van der Waals surface area contributed by atoms with Crippen LogP contribution < -0.4 is 5.32 Å². The number of nitrogens with one attached hydrogen (secondary N) is 1. The number of rotatable bonds is 4. The van der Waals surface area contributed by atoms with E-state index < -0.39 is 0 Å². The summed E-state index contributed by atoms with van der Waals surface area (Å²) in [5.74, 6) is 0.604. The number of halogens is 2. The number of likely N-dealkylation sites (tertiary alicyclic amines) is 1. The Morgan fingerprint density at radius 3 is 2.78 bits per heavy atom. The van der Waals surface area contributed by atoms with Crippen LogP contribution in [0.25, 0.3) is 0 Å². The molecule has 18 heavy (non-hydrogen) atoms. The highest BCUT2D eigenvalue weighted by atomic mass is 35.5. The van der Waals surface area contributed by atoms with Crippen molar-refractivity contribution in [3.63, 3.8) is 0 Å². The third-order valence-electron chi connectivity index (χ3n) is 3.60. The van der Waals surface area contributed by atoms with Gasteiger partial charge in [0, 0.05) is 17.1 Å². The van der Waals surface area contributed by atoms with Crippen LogP contribution in [0.1, 0.15) is 18.4 Å². The van der Waals surface area contributed by atoms with Crippen molar-refractivity contribution in [1.82, 2.24) is 10.2 Å². The van der Waals surface area contributed by atoms with Crippen molar-refractivity contribution < 1.29 is 4.39 Å². The number of piperidine rings is 1. The van der Waals surface area contributed by atoms with Crippen LogP contribution in [-0.2, 0) is 6.54 Å². The van der Waals surface area contributed by atoms with E-state index in [-0.39, 0.29) is 5.82 Å². The zero-order valence-corrected chi connectivity index (χ0v) is 11.5. The summed E-state index contributed by atoms with van der Waals surface area (Å²) >= 11 is 5.91. The van der Waals surface area contributed by atoms with Crippen LogP contribution in [0, 0.1) is 11.7 Å². The maximum Gasteiger partial charge on any atom is 0.127 e. The Morgan fingerprint density at radius 1 is 1.39 bits per heavy atom. The molecule has 100 valence electrons. The van der Waals surface area contributed by atoms with Crippen LogP contribution in [0.2, 0.25) is 5.02 Å². The van der Waals surface area contributed by atoms with E-state index in [1.54, 1.807) is 12.1 Å². The fraction of sp³-hybridized carbons (Fsp3) is 0.571. The van der Waals surface area contributed by atoms with Gasteiger partial charge in [-0.2, -0.15) is 0 Å². The van der Waals surface area contributed by atoms with E-state index in [9.17, 15) is 4.39 Å². The van der Waals surface area contributed by atoms with Gasteiger partial charge in [-0.15, -0.1) is 0 Å². The second-order valence-electron chi connectivity index (χ2n) is 5.01. The second kappa shape index (κ2) is 6.50. The number of hydrogen-bond donors (Lipinski definition) is 1. The molecule has 0 amide bonds. The Morgan fingerprint density at radius 2 is 2.11 bits per heavy atom. The number of nitrogens with zero attached hydrogens (tertiary/aromatic N) is 1. The highest BCUT2D eigenvalue weighted by Gasteiger charge is 2.19. The van der Waals surface area contributed by atoms with E-state index in [0.717, 1.165) is 25.6 Å². The van der Waals surface area contributed by atoms with Gasteiger partial charge in [0.1, 0.15) is 5.82 Å². The zero-order valence-electron chi connectivity index (χ0n) is 10.8. The number of benzene rings is 1. The van der Waals surface area contributed by atoms with Crippen molar-refractivity contribution in [3.05, 3.63) is 34.6 Å². The topological polar surface area (TPSA) is 15.3 Å². The first kappa shape index (κ1) is 13.8. The predicted molar refractivity (Wildman–Crippen MR) is 73.3 cm³/mol. The molecular formula is C14H20ClFN2. The minimum atomic E-state index is -0.156. The van der Waals surface area contributed by atoms with Crippen LogP contribution in [0.15, 0.2) is 18.2 Å².